The summed E-state index contributed by atoms with van der Waals surface area (Å²) < 4.78 is 3.55. The summed E-state index contributed by atoms with van der Waals surface area (Å²) in [5, 5.41) is 0. The molecular formula is C23H20N6OS2. The van der Waals surface area contributed by atoms with Gasteiger partial charge in [-0.3, -0.25) is 4.57 Å². The Morgan fingerprint density at radius 2 is 1.81 bits per heavy atom. The Balaban J connectivity index is 1.56. The van der Waals surface area contributed by atoms with E-state index in [1.54, 1.807) is 34.4 Å². The Hall–Kier alpha value is -3.17. The molecule has 0 atom stereocenters. The normalized spacial score (nSPS) is 11.4. The van der Waals surface area contributed by atoms with Gasteiger partial charge in [0.25, 0.3) is 0 Å². The van der Waals surface area contributed by atoms with Crippen molar-refractivity contribution >= 4 is 34.7 Å². The van der Waals surface area contributed by atoms with Gasteiger partial charge in [-0.05, 0) is 41.8 Å². The number of aromatic nitrogens is 6. The first-order chi connectivity index (χ1) is 15.7. The predicted molar refractivity (Wildman–Crippen MR) is 129 cm³/mol. The maximum absolute atomic E-state index is 12.8. The predicted octanol–water partition coefficient (Wildman–Crippen LogP) is 4.03. The average molecular weight is 461 g/mol. The Labute approximate surface area is 193 Å². The monoisotopic (exact) mass is 460 g/mol. The maximum Gasteiger partial charge on any atom is 0.350 e. The van der Waals surface area contributed by atoms with E-state index < -0.39 is 0 Å². The molecule has 9 heteroatoms. The van der Waals surface area contributed by atoms with Gasteiger partial charge in [0.1, 0.15) is 17.5 Å². The van der Waals surface area contributed by atoms with Crippen molar-refractivity contribution in [3.05, 3.63) is 82.8 Å². The summed E-state index contributed by atoms with van der Waals surface area (Å²) in [6.45, 7) is 1.02. The van der Waals surface area contributed by atoms with E-state index in [0.29, 0.717) is 35.8 Å². The quantitative estimate of drug-likeness (QED) is 0.354. The second-order valence-corrected chi connectivity index (χ2v) is 8.96. The summed E-state index contributed by atoms with van der Waals surface area (Å²) in [7, 11) is 0. The van der Waals surface area contributed by atoms with E-state index in [1.807, 2.05) is 41.2 Å². The third-order valence-electron chi connectivity index (χ3n) is 5.31. The van der Waals surface area contributed by atoms with Crippen LogP contribution in [0.5, 0.6) is 0 Å². The van der Waals surface area contributed by atoms with Crippen LogP contribution in [0.25, 0.3) is 22.7 Å². The highest BCUT2D eigenvalue weighted by atomic mass is 32.2. The van der Waals surface area contributed by atoms with E-state index in [2.05, 4.69) is 44.4 Å². The molecule has 3 aromatic rings. The van der Waals surface area contributed by atoms with E-state index in [1.165, 1.54) is 16.8 Å². The lowest BCUT2D eigenvalue weighted by Crippen LogP contribution is -2.17. The van der Waals surface area contributed by atoms with Gasteiger partial charge >= 0.3 is 5.69 Å². The smallest absolute Gasteiger partial charge is 0.311 e. The summed E-state index contributed by atoms with van der Waals surface area (Å²) in [5.74, 6) is 0.488. The second-order valence-electron chi connectivity index (χ2n) is 7.23. The van der Waals surface area contributed by atoms with Gasteiger partial charge in [-0.25, -0.2) is 19.7 Å². The summed E-state index contributed by atoms with van der Waals surface area (Å²) in [4.78, 5) is 33.0. The topological polar surface area (TPSA) is 78.5 Å². The SMILES string of the molecule is CSc1cccc(Cn2c3ncnc4c(ncn4Cc4ccccc4SC)c-3nc2=O)c1. The molecule has 160 valence electrons. The van der Waals surface area contributed by atoms with E-state index in [0.717, 1.165) is 10.5 Å². The fraction of sp³-hybridized carbons (Fsp3) is 0.174. The van der Waals surface area contributed by atoms with Crippen LogP contribution >= 0.6 is 23.5 Å². The van der Waals surface area contributed by atoms with Crippen LogP contribution < -0.4 is 5.69 Å². The molecule has 0 saturated carbocycles. The van der Waals surface area contributed by atoms with E-state index in [-0.39, 0.29) is 5.69 Å². The van der Waals surface area contributed by atoms with Gasteiger partial charge in [0, 0.05) is 9.79 Å². The first-order valence-corrected chi connectivity index (χ1v) is 12.4. The fourth-order valence-electron chi connectivity index (χ4n) is 3.76. The van der Waals surface area contributed by atoms with Crippen molar-refractivity contribution in [2.75, 3.05) is 12.5 Å². The summed E-state index contributed by atoms with van der Waals surface area (Å²) in [6.07, 6.45) is 7.33. The largest absolute Gasteiger partial charge is 0.350 e. The molecule has 1 aromatic heterocycles. The van der Waals surface area contributed by atoms with Crippen LogP contribution in [0.3, 0.4) is 0 Å². The van der Waals surface area contributed by atoms with E-state index in [9.17, 15) is 4.79 Å². The molecule has 0 aliphatic carbocycles. The lowest BCUT2D eigenvalue weighted by Gasteiger charge is -2.07. The third-order valence-corrected chi connectivity index (χ3v) is 6.87. The minimum atomic E-state index is -0.336. The minimum absolute atomic E-state index is 0.336. The van der Waals surface area contributed by atoms with Gasteiger partial charge < -0.3 is 4.57 Å². The van der Waals surface area contributed by atoms with Crippen molar-refractivity contribution in [2.45, 2.75) is 22.9 Å². The Kier molecular flexibility index (Phi) is 5.67. The standard InChI is InChI=1S/C23H20N6OS2/c1-31-17-8-5-6-15(10-17)11-29-22-20(27-23(29)30)19-21(24-13-25-22)28(14-26-19)12-16-7-3-4-9-18(16)32-2/h3-10,13-14H,11-12H2,1-2H3. The number of thioether (sulfide) groups is 2. The Morgan fingerprint density at radius 3 is 2.66 bits per heavy atom. The molecule has 3 heterocycles. The van der Waals surface area contributed by atoms with Crippen LogP contribution in [0.4, 0.5) is 0 Å². The number of hydrogen-bond acceptors (Lipinski definition) is 7. The molecule has 2 aliphatic rings. The molecule has 2 aromatic carbocycles. The molecule has 0 fully saturated rings. The average Bonchev–Trinajstić information content (AvgIpc) is 3.29. The van der Waals surface area contributed by atoms with Crippen molar-refractivity contribution in [2.24, 2.45) is 0 Å². The van der Waals surface area contributed by atoms with Crippen molar-refractivity contribution in [1.29, 1.82) is 0 Å². The van der Waals surface area contributed by atoms with Crippen molar-refractivity contribution in [3.63, 3.8) is 0 Å². The fourth-order valence-corrected chi connectivity index (χ4v) is 4.85. The zero-order chi connectivity index (χ0) is 22.1. The molecule has 0 bridgehead atoms. The molecule has 0 unspecified atom stereocenters. The highest BCUT2D eigenvalue weighted by Gasteiger charge is 2.21. The van der Waals surface area contributed by atoms with Crippen molar-refractivity contribution in [3.8, 4) is 11.5 Å². The van der Waals surface area contributed by atoms with Crippen molar-refractivity contribution < 1.29 is 0 Å². The molecule has 0 amide bonds. The molecule has 0 spiro atoms. The van der Waals surface area contributed by atoms with Crippen LogP contribution in [0.15, 0.2) is 75.8 Å². The second kappa shape index (κ2) is 8.76. The zero-order valence-corrected chi connectivity index (χ0v) is 19.2. The number of fused-ring (bicyclic) bond motifs is 3. The summed E-state index contributed by atoms with van der Waals surface area (Å²) in [6, 6.07) is 16.4. The molecular weight excluding hydrogens is 440 g/mol. The van der Waals surface area contributed by atoms with Crippen LogP contribution in [0, 0.1) is 0 Å². The van der Waals surface area contributed by atoms with Gasteiger partial charge in [-0.15, -0.1) is 23.5 Å². The highest BCUT2D eigenvalue weighted by Crippen LogP contribution is 2.26. The number of imidazole rings is 2. The number of benzene rings is 2. The highest BCUT2D eigenvalue weighted by molar-refractivity contribution is 7.98. The van der Waals surface area contributed by atoms with Gasteiger partial charge in [0.2, 0.25) is 0 Å². The lowest BCUT2D eigenvalue weighted by atomic mass is 10.2. The van der Waals surface area contributed by atoms with Crippen LogP contribution in [0.1, 0.15) is 11.1 Å². The minimum Gasteiger partial charge on any atom is -0.311 e. The summed E-state index contributed by atoms with van der Waals surface area (Å²) in [5.41, 5.74) is 3.56. The molecule has 0 N–H and O–H groups in total. The number of hydrogen-bond donors (Lipinski definition) is 0. The van der Waals surface area contributed by atoms with Gasteiger partial charge in [0.05, 0.1) is 19.4 Å². The van der Waals surface area contributed by atoms with Crippen molar-refractivity contribution in [1.82, 2.24) is 29.1 Å². The van der Waals surface area contributed by atoms with Crippen LogP contribution in [-0.4, -0.2) is 41.6 Å². The Bertz CT molecular complexity index is 1440. The van der Waals surface area contributed by atoms with Crippen LogP contribution in [-0.2, 0) is 13.1 Å². The molecule has 2 aliphatic heterocycles. The number of nitrogens with zero attached hydrogens (tertiary/aromatic N) is 6. The van der Waals surface area contributed by atoms with Gasteiger partial charge in [0.15, 0.2) is 11.5 Å². The van der Waals surface area contributed by atoms with E-state index >= 15 is 0 Å². The first kappa shape index (κ1) is 20.7. The third kappa shape index (κ3) is 3.78. The Morgan fingerprint density at radius 1 is 0.938 bits per heavy atom. The molecule has 0 saturated heterocycles. The molecule has 7 nitrogen and oxygen atoms in total. The molecule has 5 rings (SSSR count). The lowest BCUT2D eigenvalue weighted by molar-refractivity contribution is 0.756. The summed E-state index contributed by atoms with van der Waals surface area (Å²) >= 11 is 3.37. The first-order valence-electron chi connectivity index (χ1n) is 9.99. The zero-order valence-electron chi connectivity index (χ0n) is 17.6. The van der Waals surface area contributed by atoms with E-state index in [4.69, 9.17) is 0 Å². The van der Waals surface area contributed by atoms with Gasteiger partial charge in [-0.1, -0.05) is 30.3 Å². The van der Waals surface area contributed by atoms with Gasteiger partial charge in [-0.2, -0.15) is 4.98 Å². The maximum atomic E-state index is 12.8. The van der Waals surface area contributed by atoms with Crippen LogP contribution in [0.2, 0.25) is 0 Å². The molecule has 32 heavy (non-hydrogen) atoms. The molecule has 0 radical (unpaired) electrons. The number of rotatable bonds is 6.